The molecule has 0 aliphatic heterocycles. The van der Waals surface area contributed by atoms with Gasteiger partial charge in [-0.05, 0) is 43.9 Å². The molecule has 0 bridgehead atoms. The van der Waals surface area contributed by atoms with Crippen LogP contribution < -0.4 is 5.32 Å². The highest BCUT2D eigenvalue weighted by Gasteiger charge is 2.42. The van der Waals surface area contributed by atoms with Crippen molar-refractivity contribution in [3.8, 4) is 0 Å². The normalized spacial score (nSPS) is 24.9. The Labute approximate surface area is 120 Å². The minimum absolute atomic E-state index is 0.0392. The molecule has 1 saturated carbocycles. The fourth-order valence-electron chi connectivity index (χ4n) is 2.87. The lowest BCUT2D eigenvalue weighted by Gasteiger charge is -2.33. The predicted molar refractivity (Wildman–Crippen MR) is 69.7 cm³/mol. The lowest BCUT2D eigenvalue weighted by atomic mass is 9.85. The monoisotopic (exact) mass is 307 g/mol. The van der Waals surface area contributed by atoms with Gasteiger partial charge >= 0.3 is 6.18 Å². The van der Waals surface area contributed by atoms with Gasteiger partial charge in [-0.1, -0.05) is 12.5 Å². The zero-order valence-electron chi connectivity index (χ0n) is 11.7. The summed E-state index contributed by atoms with van der Waals surface area (Å²) in [6.45, 7) is 1.74. The lowest BCUT2D eigenvalue weighted by molar-refractivity contribution is -0.183. The van der Waals surface area contributed by atoms with Crippen LogP contribution in [0.2, 0.25) is 0 Å². The van der Waals surface area contributed by atoms with Crippen molar-refractivity contribution in [2.45, 2.75) is 50.9 Å². The number of benzene rings is 1. The molecular weight excluding hydrogens is 289 g/mol. The summed E-state index contributed by atoms with van der Waals surface area (Å²) >= 11 is 0. The number of alkyl halides is 3. The molecule has 1 N–H and O–H groups in total. The van der Waals surface area contributed by atoms with Gasteiger partial charge in [0.2, 0.25) is 0 Å². The Balaban J connectivity index is 1.98. The molecule has 0 radical (unpaired) electrons. The summed E-state index contributed by atoms with van der Waals surface area (Å²) in [6, 6.07) is 2.98. The summed E-state index contributed by atoms with van der Waals surface area (Å²) in [5.74, 6) is -3.15. The van der Waals surface area contributed by atoms with Crippen LogP contribution in [0.4, 0.5) is 22.0 Å². The molecule has 0 spiro atoms. The largest absolute Gasteiger partial charge is 0.391 e. The van der Waals surface area contributed by atoms with Crippen molar-refractivity contribution < 1.29 is 22.0 Å². The fraction of sp³-hybridized carbons (Fsp3) is 0.600. The molecule has 0 saturated heterocycles. The molecule has 1 aliphatic carbocycles. The molecule has 2 rings (SSSR count). The van der Waals surface area contributed by atoms with Gasteiger partial charge in [0.1, 0.15) is 0 Å². The number of rotatable bonds is 3. The van der Waals surface area contributed by atoms with Crippen LogP contribution in [0.5, 0.6) is 0 Å². The minimum Gasteiger partial charge on any atom is -0.307 e. The molecular formula is C15H18F5N. The third-order valence-corrected chi connectivity index (χ3v) is 4.07. The van der Waals surface area contributed by atoms with Gasteiger partial charge in [0.25, 0.3) is 0 Å². The van der Waals surface area contributed by atoms with Crippen molar-refractivity contribution in [3.63, 3.8) is 0 Å². The maximum atomic E-state index is 13.2. The van der Waals surface area contributed by atoms with Crippen molar-refractivity contribution in [1.82, 2.24) is 5.32 Å². The molecule has 3 atom stereocenters. The molecule has 1 aromatic rings. The molecule has 21 heavy (non-hydrogen) atoms. The van der Waals surface area contributed by atoms with Crippen LogP contribution in [0.1, 0.15) is 44.2 Å². The maximum absolute atomic E-state index is 13.2. The first-order valence-corrected chi connectivity index (χ1v) is 7.05. The molecule has 1 fully saturated rings. The van der Waals surface area contributed by atoms with Crippen molar-refractivity contribution in [1.29, 1.82) is 0 Å². The number of nitrogens with one attached hydrogen (secondary N) is 1. The van der Waals surface area contributed by atoms with Crippen LogP contribution >= 0.6 is 0 Å². The second-order valence-electron chi connectivity index (χ2n) is 5.66. The minimum atomic E-state index is -4.16. The summed E-state index contributed by atoms with van der Waals surface area (Å²) < 4.78 is 64.3. The van der Waals surface area contributed by atoms with E-state index in [0.29, 0.717) is 18.4 Å². The first-order chi connectivity index (χ1) is 9.77. The Hall–Kier alpha value is -1.17. The molecule has 0 aromatic heterocycles. The van der Waals surface area contributed by atoms with Crippen molar-refractivity contribution >= 4 is 0 Å². The zero-order valence-corrected chi connectivity index (χ0v) is 11.7. The summed E-state index contributed by atoms with van der Waals surface area (Å²) in [6.07, 6.45) is -2.77. The predicted octanol–water partition coefficient (Wildman–Crippen LogP) is 4.74. The SMILES string of the molecule is CC(NC1CCCC(C(F)(F)F)C1)c1ccc(F)c(F)c1. The van der Waals surface area contributed by atoms with Crippen LogP contribution in [-0.2, 0) is 0 Å². The van der Waals surface area contributed by atoms with E-state index in [2.05, 4.69) is 5.32 Å². The van der Waals surface area contributed by atoms with E-state index in [4.69, 9.17) is 0 Å². The van der Waals surface area contributed by atoms with Gasteiger partial charge in [-0.2, -0.15) is 13.2 Å². The molecule has 0 amide bonds. The van der Waals surface area contributed by atoms with Crippen LogP contribution in [0, 0.1) is 17.6 Å². The molecule has 6 heteroatoms. The molecule has 1 aliphatic rings. The molecule has 1 aromatic carbocycles. The highest BCUT2D eigenvalue weighted by molar-refractivity contribution is 5.20. The highest BCUT2D eigenvalue weighted by Crippen LogP contribution is 2.38. The Morgan fingerprint density at radius 1 is 1.14 bits per heavy atom. The van der Waals surface area contributed by atoms with Gasteiger partial charge in [-0.25, -0.2) is 8.78 Å². The van der Waals surface area contributed by atoms with E-state index in [0.717, 1.165) is 12.1 Å². The summed E-state index contributed by atoms with van der Waals surface area (Å²) in [7, 11) is 0. The van der Waals surface area contributed by atoms with Crippen molar-refractivity contribution in [3.05, 3.63) is 35.4 Å². The average molecular weight is 307 g/mol. The van der Waals surface area contributed by atoms with Crippen LogP contribution in [0.15, 0.2) is 18.2 Å². The third kappa shape index (κ3) is 4.15. The quantitative estimate of drug-likeness (QED) is 0.796. The third-order valence-electron chi connectivity index (χ3n) is 4.07. The van der Waals surface area contributed by atoms with E-state index in [-0.39, 0.29) is 24.9 Å². The van der Waals surface area contributed by atoms with Crippen LogP contribution in [0.25, 0.3) is 0 Å². The average Bonchev–Trinajstić information content (AvgIpc) is 2.41. The Kier molecular flexibility index (Phi) is 4.86. The summed E-state index contributed by atoms with van der Waals surface area (Å²) in [4.78, 5) is 0. The van der Waals surface area contributed by atoms with E-state index >= 15 is 0 Å². The molecule has 3 unspecified atom stereocenters. The molecule has 118 valence electrons. The zero-order chi connectivity index (χ0) is 15.6. The van der Waals surface area contributed by atoms with E-state index in [1.807, 2.05) is 0 Å². The van der Waals surface area contributed by atoms with E-state index < -0.39 is 23.7 Å². The fourth-order valence-corrected chi connectivity index (χ4v) is 2.87. The van der Waals surface area contributed by atoms with Gasteiger partial charge in [0.05, 0.1) is 5.92 Å². The second-order valence-corrected chi connectivity index (χ2v) is 5.66. The van der Waals surface area contributed by atoms with Crippen LogP contribution in [-0.4, -0.2) is 12.2 Å². The van der Waals surface area contributed by atoms with Crippen LogP contribution in [0.3, 0.4) is 0 Å². The van der Waals surface area contributed by atoms with E-state index in [1.165, 1.54) is 6.07 Å². The maximum Gasteiger partial charge on any atom is 0.391 e. The summed E-state index contributed by atoms with van der Waals surface area (Å²) in [5, 5.41) is 3.09. The first-order valence-electron chi connectivity index (χ1n) is 7.05. The van der Waals surface area contributed by atoms with E-state index in [1.54, 1.807) is 6.92 Å². The second kappa shape index (κ2) is 6.30. The highest BCUT2D eigenvalue weighted by atomic mass is 19.4. The van der Waals surface area contributed by atoms with E-state index in [9.17, 15) is 22.0 Å². The van der Waals surface area contributed by atoms with Crippen molar-refractivity contribution in [2.75, 3.05) is 0 Å². The summed E-state index contributed by atoms with van der Waals surface area (Å²) in [5.41, 5.74) is 0.531. The van der Waals surface area contributed by atoms with Crippen molar-refractivity contribution in [2.24, 2.45) is 5.92 Å². The van der Waals surface area contributed by atoms with Gasteiger partial charge in [0.15, 0.2) is 11.6 Å². The Morgan fingerprint density at radius 3 is 2.48 bits per heavy atom. The van der Waals surface area contributed by atoms with Gasteiger partial charge in [-0.15, -0.1) is 0 Å². The van der Waals surface area contributed by atoms with Gasteiger partial charge in [0, 0.05) is 12.1 Å². The number of halogens is 5. The lowest BCUT2D eigenvalue weighted by Crippen LogP contribution is -2.39. The first kappa shape index (κ1) is 16.2. The molecule has 1 nitrogen and oxygen atoms in total. The van der Waals surface area contributed by atoms with Gasteiger partial charge < -0.3 is 5.32 Å². The standard InChI is InChI=1S/C15H18F5N/c1-9(10-5-6-13(16)14(17)7-10)21-12-4-2-3-11(8-12)15(18,19)20/h5-7,9,11-12,21H,2-4,8H2,1H3. The Bertz CT molecular complexity index is 485. The smallest absolute Gasteiger partial charge is 0.307 e. The topological polar surface area (TPSA) is 12.0 Å². The molecule has 0 heterocycles. The number of hydrogen-bond donors (Lipinski definition) is 1. The Morgan fingerprint density at radius 2 is 1.86 bits per heavy atom. The number of hydrogen-bond acceptors (Lipinski definition) is 1. The van der Waals surface area contributed by atoms with Gasteiger partial charge in [-0.3, -0.25) is 0 Å².